The SMILES string of the molecule is c1cc2c3c(c1)c1nc4c5ccc[n+]6c5c5c(ccc[n+]5C6)c4nc1c1cccc(c13)C2.c1ccc2nc3c4ccc[n+]5c4c4c(ccc[n+]4C5)c3nc2c1. The van der Waals surface area contributed by atoms with Gasteiger partial charge >= 0.3 is 13.3 Å². The van der Waals surface area contributed by atoms with Gasteiger partial charge in [-0.3, -0.25) is 0 Å². The number of aromatic nitrogens is 8. The maximum Gasteiger partial charge on any atom is 0.345 e. The third-order valence-corrected chi connectivity index (χ3v) is 12.3. The molecular weight excluding hydrogens is 677 g/mol. The first-order valence-corrected chi connectivity index (χ1v) is 18.8. The number of para-hydroxylation sites is 2. The molecule has 0 radical (unpaired) electrons. The zero-order chi connectivity index (χ0) is 35.5. The van der Waals surface area contributed by atoms with Crippen LogP contribution in [0, 0.1) is 0 Å². The highest BCUT2D eigenvalue weighted by Crippen LogP contribution is 2.43. The lowest BCUT2D eigenvalue weighted by Crippen LogP contribution is -2.45. The summed E-state index contributed by atoms with van der Waals surface area (Å²) >= 11 is 0. The van der Waals surface area contributed by atoms with E-state index in [1.165, 1.54) is 76.3 Å². The summed E-state index contributed by atoms with van der Waals surface area (Å²) < 4.78 is 9.21. The van der Waals surface area contributed by atoms with Crippen molar-refractivity contribution in [3.63, 3.8) is 0 Å². The van der Waals surface area contributed by atoms with E-state index in [9.17, 15) is 0 Å². The topological polar surface area (TPSA) is 67.1 Å². The van der Waals surface area contributed by atoms with E-state index in [0.717, 1.165) is 63.9 Å². The molecule has 1 aliphatic carbocycles. The molecule has 8 nitrogen and oxygen atoms in total. The Labute approximate surface area is 311 Å². The van der Waals surface area contributed by atoms with Gasteiger partial charge in [0, 0.05) is 35.0 Å². The summed E-state index contributed by atoms with van der Waals surface area (Å²) in [6.07, 6.45) is 9.58. The number of hydrogen-bond donors (Lipinski definition) is 0. The first-order chi connectivity index (χ1) is 27.3. The molecule has 55 heavy (non-hydrogen) atoms. The molecule has 15 rings (SSSR count). The van der Waals surface area contributed by atoms with Gasteiger partial charge in [-0.05, 0) is 64.7 Å². The van der Waals surface area contributed by atoms with Crippen LogP contribution < -0.4 is 18.3 Å². The van der Waals surface area contributed by atoms with Crippen molar-refractivity contribution >= 4 is 109 Å². The molecule has 0 N–H and O–H groups in total. The van der Waals surface area contributed by atoms with Gasteiger partial charge in [-0.15, -0.1) is 18.3 Å². The molecular formula is C47H28N8+4. The molecule has 2 aliphatic heterocycles. The summed E-state index contributed by atoms with van der Waals surface area (Å²) in [7, 11) is 0. The van der Waals surface area contributed by atoms with Gasteiger partial charge in [0.05, 0.1) is 43.6 Å². The van der Waals surface area contributed by atoms with Crippen molar-refractivity contribution < 1.29 is 18.3 Å². The Morgan fingerprint density at radius 1 is 0.327 bits per heavy atom. The highest BCUT2D eigenvalue weighted by atomic mass is 15.2. The lowest BCUT2D eigenvalue weighted by atomic mass is 9.99. The van der Waals surface area contributed by atoms with Crippen LogP contribution in [0.15, 0.2) is 134 Å². The van der Waals surface area contributed by atoms with Crippen molar-refractivity contribution in [3.8, 4) is 0 Å². The highest BCUT2D eigenvalue weighted by molar-refractivity contribution is 6.29. The Morgan fingerprint density at radius 2 is 0.673 bits per heavy atom. The third-order valence-electron chi connectivity index (χ3n) is 12.3. The molecule has 0 amide bonds. The van der Waals surface area contributed by atoms with Crippen molar-refractivity contribution in [1.82, 2.24) is 19.9 Å². The van der Waals surface area contributed by atoms with E-state index < -0.39 is 0 Å². The second-order valence-corrected chi connectivity index (χ2v) is 15.1. The molecule has 6 aromatic carbocycles. The van der Waals surface area contributed by atoms with Gasteiger partial charge in [0.2, 0.25) is 0 Å². The molecule has 8 heteroatoms. The van der Waals surface area contributed by atoms with Crippen LogP contribution in [0.4, 0.5) is 0 Å². The van der Waals surface area contributed by atoms with E-state index >= 15 is 0 Å². The molecule has 0 saturated heterocycles. The standard InChI is InChI=1S/C28H16N4.C19H12N4/c1-5-15-13-16-6-2-8-18-22(16)21(15)17(7-1)23-24(18)30-26-20-10-4-12-32-14-31-11-3-9-19(25(26)29-23)27(31)28(20)32;1-2-8-15-14(7-1)20-16-12-5-3-9-22-11-23-10-4-6-13(17(16)21-15)19(23)18(12)22/h1-12H,13-14H2;1-10H,11H2/q2*+2. The molecule has 0 unspecified atom stereocenters. The van der Waals surface area contributed by atoms with Crippen molar-refractivity contribution in [2.24, 2.45) is 0 Å². The molecule has 3 aliphatic rings. The Balaban J connectivity index is 0.000000119. The molecule has 0 fully saturated rings. The lowest BCUT2D eigenvalue weighted by Gasteiger charge is -2.10. The number of fused-ring (bicyclic) bond motifs is 10. The highest BCUT2D eigenvalue weighted by Gasteiger charge is 2.35. The zero-order valence-electron chi connectivity index (χ0n) is 29.4. The summed E-state index contributed by atoms with van der Waals surface area (Å²) in [6, 6.07) is 38.5. The van der Waals surface area contributed by atoms with Crippen LogP contribution in [-0.2, 0) is 19.8 Å². The Bertz CT molecular complexity index is 3430. The predicted octanol–water partition coefficient (Wildman–Crippen LogP) is 7.18. The zero-order valence-corrected chi connectivity index (χ0v) is 29.4. The van der Waals surface area contributed by atoms with E-state index in [2.05, 4.69) is 128 Å². The second-order valence-electron chi connectivity index (χ2n) is 15.1. The third kappa shape index (κ3) is 3.48. The molecule has 8 heterocycles. The molecule has 0 spiro atoms. The number of nitrogens with zero attached hydrogens (tertiary/aromatic N) is 8. The van der Waals surface area contributed by atoms with Crippen molar-refractivity contribution in [1.29, 1.82) is 0 Å². The van der Waals surface area contributed by atoms with Gasteiger partial charge < -0.3 is 0 Å². The molecule has 6 aromatic heterocycles. The minimum absolute atomic E-state index is 0.832. The Morgan fingerprint density at radius 3 is 1.07 bits per heavy atom. The van der Waals surface area contributed by atoms with Crippen LogP contribution in [0.3, 0.4) is 0 Å². The fraction of sp³-hybridized carbons (Fsp3) is 0.0638. The van der Waals surface area contributed by atoms with Gasteiger partial charge in [-0.2, -0.15) is 0 Å². The van der Waals surface area contributed by atoms with E-state index in [-0.39, 0.29) is 0 Å². The maximum absolute atomic E-state index is 5.38. The Hall–Kier alpha value is -7.32. The van der Waals surface area contributed by atoms with E-state index in [4.69, 9.17) is 19.9 Å². The van der Waals surface area contributed by atoms with Gasteiger partial charge in [-0.25, -0.2) is 19.9 Å². The monoisotopic (exact) mass is 704 g/mol. The fourth-order valence-corrected chi connectivity index (χ4v) is 10.1. The summed E-state index contributed by atoms with van der Waals surface area (Å²) in [5, 5.41) is 9.86. The molecule has 12 aromatic rings. The molecule has 0 atom stereocenters. The van der Waals surface area contributed by atoms with Gasteiger partial charge in [0.25, 0.3) is 22.1 Å². The quantitative estimate of drug-likeness (QED) is 0.0954. The molecule has 0 saturated carbocycles. The largest absolute Gasteiger partial charge is 0.345 e. The van der Waals surface area contributed by atoms with Crippen molar-refractivity contribution in [2.45, 2.75) is 19.8 Å². The minimum Gasteiger partial charge on any atom is -0.244 e. The van der Waals surface area contributed by atoms with Crippen molar-refractivity contribution in [3.05, 3.63) is 145 Å². The van der Waals surface area contributed by atoms with Gasteiger partial charge in [0.1, 0.15) is 22.1 Å². The summed E-state index contributed by atoms with van der Waals surface area (Å²) in [6.45, 7) is 1.68. The number of hydrogen-bond acceptors (Lipinski definition) is 4. The average Bonchev–Trinajstić information content (AvgIpc) is 3.94. The van der Waals surface area contributed by atoms with Gasteiger partial charge in [-0.1, -0.05) is 48.5 Å². The lowest BCUT2D eigenvalue weighted by molar-refractivity contribution is -0.872. The van der Waals surface area contributed by atoms with Crippen LogP contribution in [0.2, 0.25) is 0 Å². The van der Waals surface area contributed by atoms with E-state index in [0.29, 0.717) is 0 Å². The van der Waals surface area contributed by atoms with Crippen LogP contribution in [0.1, 0.15) is 11.1 Å². The first kappa shape index (κ1) is 28.2. The fourth-order valence-electron chi connectivity index (χ4n) is 10.1. The maximum atomic E-state index is 5.38. The minimum atomic E-state index is 0.832. The van der Waals surface area contributed by atoms with Crippen LogP contribution >= 0.6 is 0 Å². The van der Waals surface area contributed by atoms with Crippen LogP contribution in [-0.4, -0.2) is 19.9 Å². The number of benzene rings is 6. The summed E-state index contributed by atoms with van der Waals surface area (Å²) in [5.41, 5.74) is 15.7. The smallest absolute Gasteiger partial charge is 0.244 e. The number of pyridine rings is 4. The normalized spacial score (nSPS) is 13.6. The molecule has 252 valence electrons. The average molecular weight is 705 g/mol. The predicted molar refractivity (Wildman–Crippen MR) is 214 cm³/mol. The summed E-state index contributed by atoms with van der Waals surface area (Å²) in [5.74, 6) is 0. The first-order valence-electron chi connectivity index (χ1n) is 18.8. The summed E-state index contributed by atoms with van der Waals surface area (Å²) in [4.78, 5) is 20.6. The van der Waals surface area contributed by atoms with Crippen LogP contribution in [0.5, 0.6) is 0 Å². The van der Waals surface area contributed by atoms with E-state index in [1.807, 2.05) is 24.3 Å². The molecule has 0 bridgehead atoms. The van der Waals surface area contributed by atoms with Crippen LogP contribution in [0.25, 0.3) is 109 Å². The van der Waals surface area contributed by atoms with Gasteiger partial charge in [0.15, 0.2) is 24.8 Å². The number of rotatable bonds is 0. The Kier molecular flexibility index (Phi) is 5.03. The van der Waals surface area contributed by atoms with Crippen molar-refractivity contribution in [2.75, 3.05) is 0 Å². The second kappa shape index (κ2) is 9.80. The van der Waals surface area contributed by atoms with E-state index in [1.54, 1.807) is 0 Å².